The van der Waals surface area contributed by atoms with Gasteiger partial charge in [-0.15, -0.1) is 5.10 Å². The van der Waals surface area contributed by atoms with E-state index in [-0.39, 0.29) is 21.7 Å². The number of sulfone groups is 1. The number of aromatic nitrogens is 2. The van der Waals surface area contributed by atoms with Gasteiger partial charge < -0.3 is 9.47 Å². The van der Waals surface area contributed by atoms with Gasteiger partial charge in [0.15, 0.2) is 9.84 Å². The first-order valence-corrected chi connectivity index (χ1v) is 8.59. The first-order valence-electron chi connectivity index (χ1n) is 5.88. The van der Waals surface area contributed by atoms with Crippen LogP contribution in [-0.4, -0.2) is 37.4 Å². The van der Waals surface area contributed by atoms with Crippen molar-refractivity contribution in [2.75, 3.05) is 12.9 Å². The topological polar surface area (TPSA) is 95.4 Å². The van der Waals surface area contributed by atoms with Crippen LogP contribution in [0.3, 0.4) is 0 Å². The maximum absolute atomic E-state index is 11.5. The highest BCUT2D eigenvalue weighted by atomic mass is 32.2. The van der Waals surface area contributed by atoms with Gasteiger partial charge in [-0.25, -0.2) is 13.2 Å². The molecule has 0 aliphatic heterocycles. The highest BCUT2D eigenvalue weighted by Crippen LogP contribution is 2.26. The van der Waals surface area contributed by atoms with Crippen molar-refractivity contribution in [3.05, 3.63) is 29.3 Å². The molecule has 0 spiro atoms. The number of hydrogen-bond acceptors (Lipinski definition) is 8. The van der Waals surface area contributed by atoms with E-state index in [1.807, 2.05) is 0 Å². The first kappa shape index (κ1) is 15.4. The van der Waals surface area contributed by atoms with Crippen LogP contribution in [0.1, 0.15) is 16.7 Å². The van der Waals surface area contributed by atoms with E-state index in [0.717, 1.165) is 17.6 Å². The molecule has 112 valence electrons. The molecule has 2 rings (SSSR count). The van der Waals surface area contributed by atoms with E-state index in [9.17, 15) is 13.2 Å². The normalized spacial score (nSPS) is 11.1. The van der Waals surface area contributed by atoms with Gasteiger partial charge in [-0.2, -0.15) is 0 Å². The van der Waals surface area contributed by atoms with Gasteiger partial charge in [0.1, 0.15) is 5.75 Å². The van der Waals surface area contributed by atoms with Gasteiger partial charge in [0.25, 0.3) is 5.19 Å². The Morgan fingerprint density at radius 1 is 1.33 bits per heavy atom. The van der Waals surface area contributed by atoms with E-state index in [2.05, 4.69) is 10.2 Å². The SMILES string of the molecule is CCOC(=O)c1nnc(Oc2cccc(S(C)(=O)=O)c2)s1. The molecule has 0 saturated heterocycles. The van der Waals surface area contributed by atoms with Crippen LogP contribution in [0.4, 0.5) is 0 Å². The minimum Gasteiger partial charge on any atom is -0.461 e. The molecule has 0 N–H and O–H groups in total. The summed E-state index contributed by atoms with van der Waals surface area (Å²) < 4.78 is 33.1. The maximum atomic E-state index is 11.5. The Hall–Kier alpha value is -2.00. The summed E-state index contributed by atoms with van der Waals surface area (Å²) in [4.78, 5) is 11.6. The summed E-state index contributed by atoms with van der Waals surface area (Å²) in [5.74, 6) is -0.278. The van der Waals surface area contributed by atoms with Crippen LogP contribution in [0, 0.1) is 0 Å². The second-order valence-electron chi connectivity index (χ2n) is 3.94. The van der Waals surface area contributed by atoms with Crippen molar-refractivity contribution in [1.82, 2.24) is 10.2 Å². The van der Waals surface area contributed by atoms with Crippen molar-refractivity contribution in [1.29, 1.82) is 0 Å². The smallest absolute Gasteiger partial charge is 0.369 e. The van der Waals surface area contributed by atoms with Crippen LogP contribution >= 0.6 is 11.3 Å². The van der Waals surface area contributed by atoms with Crippen molar-refractivity contribution in [2.45, 2.75) is 11.8 Å². The lowest BCUT2D eigenvalue weighted by molar-refractivity contribution is 0.0525. The molecule has 9 heteroatoms. The summed E-state index contributed by atoms with van der Waals surface area (Å²) in [6.07, 6.45) is 1.11. The average Bonchev–Trinajstić information content (AvgIpc) is 2.87. The quantitative estimate of drug-likeness (QED) is 0.774. The average molecular weight is 328 g/mol. The van der Waals surface area contributed by atoms with Gasteiger partial charge in [-0.05, 0) is 36.5 Å². The zero-order chi connectivity index (χ0) is 15.5. The van der Waals surface area contributed by atoms with Crippen molar-refractivity contribution in [3.8, 4) is 10.9 Å². The minimum atomic E-state index is -3.32. The van der Waals surface area contributed by atoms with E-state index < -0.39 is 15.8 Å². The third kappa shape index (κ3) is 3.99. The Morgan fingerprint density at radius 2 is 2.10 bits per heavy atom. The number of ether oxygens (including phenoxy) is 2. The maximum Gasteiger partial charge on any atom is 0.369 e. The van der Waals surface area contributed by atoms with Crippen molar-refractivity contribution in [3.63, 3.8) is 0 Å². The summed E-state index contributed by atoms with van der Waals surface area (Å²) in [6.45, 7) is 1.93. The van der Waals surface area contributed by atoms with E-state index >= 15 is 0 Å². The lowest BCUT2D eigenvalue weighted by Gasteiger charge is -2.03. The van der Waals surface area contributed by atoms with Gasteiger partial charge in [0.2, 0.25) is 5.01 Å². The molecule has 0 unspecified atom stereocenters. The molecule has 1 aromatic heterocycles. The van der Waals surface area contributed by atoms with Gasteiger partial charge in [-0.1, -0.05) is 11.2 Å². The van der Waals surface area contributed by atoms with E-state index in [0.29, 0.717) is 5.75 Å². The summed E-state index contributed by atoms with van der Waals surface area (Å²) in [6, 6.07) is 5.98. The molecule has 0 aliphatic carbocycles. The fourth-order valence-electron chi connectivity index (χ4n) is 1.40. The molecule has 0 fully saturated rings. The Kier molecular flexibility index (Phi) is 4.53. The van der Waals surface area contributed by atoms with Gasteiger partial charge in [0, 0.05) is 6.26 Å². The van der Waals surface area contributed by atoms with Crippen LogP contribution in [-0.2, 0) is 14.6 Å². The number of esters is 1. The van der Waals surface area contributed by atoms with Crippen LogP contribution in [0.25, 0.3) is 0 Å². The Bertz CT molecular complexity index is 755. The van der Waals surface area contributed by atoms with Crippen molar-refractivity contribution >= 4 is 27.1 Å². The van der Waals surface area contributed by atoms with E-state index in [1.54, 1.807) is 19.1 Å². The van der Waals surface area contributed by atoms with Crippen molar-refractivity contribution in [2.24, 2.45) is 0 Å². The summed E-state index contributed by atoms with van der Waals surface area (Å²) in [5.41, 5.74) is 0. The molecule has 0 bridgehead atoms. The molecule has 2 aromatic rings. The van der Waals surface area contributed by atoms with E-state index in [4.69, 9.17) is 9.47 Å². The number of hydrogen-bond donors (Lipinski definition) is 0. The zero-order valence-electron chi connectivity index (χ0n) is 11.3. The summed E-state index contributed by atoms with van der Waals surface area (Å²) in [5, 5.41) is 7.56. The van der Waals surface area contributed by atoms with Crippen LogP contribution < -0.4 is 4.74 Å². The lowest BCUT2D eigenvalue weighted by atomic mass is 10.3. The molecule has 7 nitrogen and oxygen atoms in total. The first-order chi connectivity index (χ1) is 9.90. The number of nitrogens with zero attached hydrogens (tertiary/aromatic N) is 2. The fraction of sp³-hybridized carbons (Fsp3) is 0.250. The number of benzene rings is 1. The number of rotatable bonds is 5. The Morgan fingerprint density at radius 3 is 2.76 bits per heavy atom. The highest BCUT2D eigenvalue weighted by Gasteiger charge is 2.15. The monoisotopic (exact) mass is 328 g/mol. The third-order valence-electron chi connectivity index (χ3n) is 2.30. The fourth-order valence-corrected chi connectivity index (χ4v) is 2.66. The van der Waals surface area contributed by atoms with E-state index in [1.165, 1.54) is 12.1 Å². The van der Waals surface area contributed by atoms with Gasteiger partial charge in [-0.3, -0.25) is 0 Å². The molecular weight excluding hydrogens is 316 g/mol. The zero-order valence-corrected chi connectivity index (χ0v) is 12.9. The van der Waals surface area contributed by atoms with Crippen molar-refractivity contribution < 1.29 is 22.7 Å². The molecule has 0 amide bonds. The molecule has 0 radical (unpaired) electrons. The largest absolute Gasteiger partial charge is 0.461 e. The Labute approximate surface area is 125 Å². The Balaban J connectivity index is 2.18. The molecule has 0 saturated carbocycles. The second-order valence-corrected chi connectivity index (χ2v) is 6.90. The standard InChI is InChI=1S/C12H12N2O5S2/c1-3-18-11(15)10-13-14-12(20-10)19-8-5-4-6-9(7-8)21(2,16)17/h4-7H,3H2,1-2H3. The molecule has 0 atom stereocenters. The third-order valence-corrected chi connectivity index (χ3v) is 4.19. The number of carbonyl (C=O) groups is 1. The van der Waals surface area contributed by atoms with Crippen LogP contribution in [0.2, 0.25) is 0 Å². The molecule has 1 aromatic carbocycles. The van der Waals surface area contributed by atoms with Gasteiger partial charge >= 0.3 is 5.97 Å². The van der Waals surface area contributed by atoms with Crippen LogP contribution in [0.15, 0.2) is 29.2 Å². The molecule has 1 heterocycles. The molecular formula is C12H12N2O5S2. The second kappa shape index (κ2) is 6.19. The van der Waals surface area contributed by atoms with Gasteiger partial charge in [0.05, 0.1) is 11.5 Å². The summed E-state index contributed by atoms with van der Waals surface area (Å²) >= 11 is 0.921. The minimum absolute atomic E-state index is 0.0751. The predicted molar refractivity (Wildman–Crippen MR) is 75.5 cm³/mol. The number of carbonyl (C=O) groups excluding carboxylic acids is 1. The highest BCUT2D eigenvalue weighted by molar-refractivity contribution is 7.90. The molecule has 21 heavy (non-hydrogen) atoms. The predicted octanol–water partition coefficient (Wildman–Crippen LogP) is 1.91. The molecule has 0 aliphatic rings. The van der Waals surface area contributed by atoms with Crippen LogP contribution in [0.5, 0.6) is 10.9 Å². The summed E-state index contributed by atoms with van der Waals surface area (Å²) in [7, 11) is -3.32. The lowest BCUT2D eigenvalue weighted by Crippen LogP contribution is -2.03.